The topological polar surface area (TPSA) is 119 Å². The van der Waals surface area contributed by atoms with Gasteiger partial charge in [0.25, 0.3) is 0 Å². The molecule has 2 N–H and O–H groups in total. The first-order valence-corrected chi connectivity index (χ1v) is 13.2. The highest BCUT2D eigenvalue weighted by atomic mass is 16.5. The molecule has 206 valence electrons. The Bertz CT molecular complexity index is 1430. The lowest BCUT2D eigenvalue weighted by Gasteiger charge is -2.33. The van der Waals surface area contributed by atoms with Gasteiger partial charge >= 0.3 is 5.97 Å². The Kier molecular flexibility index (Phi) is 8.55. The maximum absolute atomic E-state index is 10.9. The van der Waals surface area contributed by atoms with Crippen LogP contribution in [0.4, 0.5) is 17.5 Å². The SMILES string of the molecule is CCOc1ccccc1OC1CCCN(c2cncc(Nc3cccc(Oc4ccc(CC(=O)O)cc4)n3)n2)C1. The van der Waals surface area contributed by atoms with Crippen LogP contribution in [0.3, 0.4) is 0 Å². The summed E-state index contributed by atoms with van der Waals surface area (Å²) in [6.07, 6.45) is 5.28. The second-order valence-corrected chi connectivity index (χ2v) is 9.27. The highest BCUT2D eigenvalue weighted by molar-refractivity contribution is 5.70. The Hall–Kier alpha value is -4.86. The van der Waals surface area contributed by atoms with Gasteiger partial charge in [0, 0.05) is 12.6 Å². The number of benzene rings is 2. The van der Waals surface area contributed by atoms with Crippen molar-refractivity contribution in [3.8, 4) is 23.1 Å². The smallest absolute Gasteiger partial charge is 0.307 e. The Morgan fingerprint density at radius 2 is 1.82 bits per heavy atom. The van der Waals surface area contributed by atoms with Gasteiger partial charge in [-0.1, -0.05) is 30.3 Å². The minimum absolute atomic E-state index is 0.00228. The second-order valence-electron chi connectivity index (χ2n) is 9.27. The number of para-hydroxylation sites is 2. The van der Waals surface area contributed by atoms with Gasteiger partial charge in [-0.25, -0.2) is 4.98 Å². The molecule has 3 heterocycles. The number of hydrogen-bond donors (Lipinski definition) is 2. The molecule has 0 radical (unpaired) electrons. The number of pyridine rings is 1. The molecule has 1 fully saturated rings. The number of hydrogen-bond acceptors (Lipinski definition) is 9. The third kappa shape index (κ3) is 7.16. The van der Waals surface area contributed by atoms with E-state index < -0.39 is 5.97 Å². The van der Waals surface area contributed by atoms with E-state index in [1.54, 1.807) is 42.7 Å². The fraction of sp³-hybridized carbons (Fsp3) is 0.267. The molecule has 1 aliphatic rings. The number of ether oxygens (including phenoxy) is 3. The van der Waals surface area contributed by atoms with Crippen LogP contribution in [-0.4, -0.2) is 51.8 Å². The number of aliphatic carboxylic acids is 1. The van der Waals surface area contributed by atoms with Gasteiger partial charge in [0.15, 0.2) is 17.3 Å². The lowest BCUT2D eigenvalue weighted by Crippen LogP contribution is -2.41. The lowest BCUT2D eigenvalue weighted by atomic mass is 10.1. The average Bonchev–Trinajstić information content (AvgIpc) is 2.96. The minimum atomic E-state index is -0.877. The predicted molar refractivity (Wildman–Crippen MR) is 151 cm³/mol. The van der Waals surface area contributed by atoms with Crippen LogP contribution in [0.2, 0.25) is 0 Å². The summed E-state index contributed by atoms with van der Waals surface area (Å²) in [4.78, 5) is 26.7. The fourth-order valence-corrected chi connectivity index (χ4v) is 4.46. The molecule has 0 amide bonds. The quantitative estimate of drug-likeness (QED) is 0.253. The molecule has 40 heavy (non-hydrogen) atoms. The van der Waals surface area contributed by atoms with Crippen molar-refractivity contribution >= 4 is 23.4 Å². The zero-order valence-electron chi connectivity index (χ0n) is 22.2. The fourth-order valence-electron chi connectivity index (χ4n) is 4.46. The van der Waals surface area contributed by atoms with Crippen molar-refractivity contribution in [3.05, 3.63) is 84.7 Å². The number of carboxylic acids is 1. The van der Waals surface area contributed by atoms with Gasteiger partial charge in [0.05, 0.1) is 32.0 Å². The third-order valence-corrected chi connectivity index (χ3v) is 6.25. The molecule has 1 aliphatic heterocycles. The van der Waals surface area contributed by atoms with E-state index in [0.717, 1.165) is 36.7 Å². The number of anilines is 3. The number of nitrogens with zero attached hydrogens (tertiary/aromatic N) is 4. The molecule has 0 aliphatic carbocycles. The Morgan fingerprint density at radius 3 is 2.62 bits per heavy atom. The molecule has 2 aromatic carbocycles. The van der Waals surface area contributed by atoms with Crippen LogP contribution in [0.1, 0.15) is 25.3 Å². The third-order valence-electron chi connectivity index (χ3n) is 6.25. The number of piperidine rings is 1. The average molecular weight is 542 g/mol. The number of carbonyl (C=O) groups is 1. The van der Waals surface area contributed by atoms with Crippen molar-refractivity contribution in [2.45, 2.75) is 32.3 Å². The number of aromatic nitrogens is 3. The standard InChI is InChI=1S/C30H31N5O5/c1-2-38-24-8-3-4-9-25(24)39-23-7-6-16-35(20-23)28-19-31-18-27(33-28)32-26-10-5-11-29(34-26)40-22-14-12-21(13-15-22)17-30(36)37/h3-5,8-15,18-19,23H,2,6-7,16-17,20H2,1H3,(H,36,37)(H,32,33,34). The Balaban J connectivity index is 1.22. The summed E-state index contributed by atoms with van der Waals surface area (Å²) in [5.41, 5.74) is 0.698. The summed E-state index contributed by atoms with van der Waals surface area (Å²) in [7, 11) is 0. The van der Waals surface area contributed by atoms with Crippen LogP contribution in [0.25, 0.3) is 0 Å². The van der Waals surface area contributed by atoms with Gasteiger partial charge in [-0.2, -0.15) is 4.98 Å². The van der Waals surface area contributed by atoms with Crippen molar-refractivity contribution in [2.75, 3.05) is 29.9 Å². The number of rotatable bonds is 11. The molecule has 4 aromatic rings. The molecule has 1 unspecified atom stereocenters. The molecule has 0 bridgehead atoms. The van der Waals surface area contributed by atoms with Crippen molar-refractivity contribution in [1.29, 1.82) is 0 Å². The zero-order valence-corrected chi connectivity index (χ0v) is 22.2. The number of nitrogens with one attached hydrogen (secondary N) is 1. The van der Waals surface area contributed by atoms with Crippen LogP contribution >= 0.6 is 0 Å². The second kappa shape index (κ2) is 12.8. The predicted octanol–water partition coefficient (Wildman–Crippen LogP) is 5.48. The Morgan fingerprint density at radius 1 is 1.00 bits per heavy atom. The maximum atomic E-state index is 10.9. The molecule has 10 nitrogen and oxygen atoms in total. The van der Waals surface area contributed by atoms with Crippen molar-refractivity contribution in [3.63, 3.8) is 0 Å². The highest BCUT2D eigenvalue weighted by Gasteiger charge is 2.24. The minimum Gasteiger partial charge on any atom is -0.490 e. The molecular weight excluding hydrogens is 510 g/mol. The van der Waals surface area contributed by atoms with Gasteiger partial charge in [-0.3, -0.25) is 9.78 Å². The zero-order chi connectivity index (χ0) is 27.7. The van der Waals surface area contributed by atoms with Gasteiger partial charge < -0.3 is 29.5 Å². The number of carboxylic acid groups (broad SMARTS) is 1. The monoisotopic (exact) mass is 541 g/mol. The van der Waals surface area contributed by atoms with Crippen LogP contribution in [-0.2, 0) is 11.2 Å². The largest absolute Gasteiger partial charge is 0.490 e. The lowest BCUT2D eigenvalue weighted by molar-refractivity contribution is -0.136. The van der Waals surface area contributed by atoms with Crippen molar-refractivity contribution in [1.82, 2.24) is 15.0 Å². The maximum Gasteiger partial charge on any atom is 0.307 e. The highest BCUT2D eigenvalue weighted by Crippen LogP contribution is 2.30. The first-order chi connectivity index (χ1) is 19.6. The van der Waals surface area contributed by atoms with Gasteiger partial charge in [-0.05, 0) is 55.7 Å². The normalized spacial score (nSPS) is 14.8. The summed E-state index contributed by atoms with van der Waals surface area (Å²) in [5, 5.41) is 12.1. The van der Waals surface area contributed by atoms with Crippen molar-refractivity contribution in [2.24, 2.45) is 0 Å². The van der Waals surface area contributed by atoms with E-state index in [-0.39, 0.29) is 12.5 Å². The van der Waals surface area contributed by atoms with Gasteiger partial charge in [0.2, 0.25) is 5.88 Å². The first-order valence-electron chi connectivity index (χ1n) is 13.2. The molecule has 5 rings (SSSR count). The van der Waals surface area contributed by atoms with E-state index in [4.69, 9.17) is 24.3 Å². The van der Waals surface area contributed by atoms with Crippen LogP contribution in [0.15, 0.2) is 79.1 Å². The molecule has 1 atom stereocenters. The van der Waals surface area contributed by atoms with E-state index in [2.05, 4.69) is 20.2 Å². The van der Waals surface area contributed by atoms with Crippen LogP contribution in [0, 0.1) is 0 Å². The molecule has 0 spiro atoms. The molecule has 10 heteroatoms. The molecule has 1 saturated heterocycles. The first kappa shape index (κ1) is 26.7. The van der Waals surface area contributed by atoms with Crippen molar-refractivity contribution < 1.29 is 24.1 Å². The summed E-state index contributed by atoms with van der Waals surface area (Å²) in [6.45, 7) is 4.09. The summed E-state index contributed by atoms with van der Waals surface area (Å²) >= 11 is 0. The summed E-state index contributed by atoms with van der Waals surface area (Å²) in [5.74, 6) is 3.45. The van der Waals surface area contributed by atoms with E-state index in [0.29, 0.717) is 42.0 Å². The molecule has 2 aromatic heterocycles. The Labute approximate surface area is 232 Å². The van der Waals surface area contributed by atoms with E-state index in [9.17, 15) is 4.79 Å². The summed E-state index contributed by atoms with van der Waals surface area (Å²) < 4.78 is 17.9. The van der Waals surface area contributed by atoms with Crippen LogP contribution in [0.5, 0.6) is 23.1 Å². The van der Waals surface area contributed by atoms with Gasteiger partial charge in [-0.15, -0.1) is 0 Å². The molecule has 0 saturated carbocycles. The van der Waals surface area contributed by atoms with E-state index >= 15 is 0 Å². The summed E-state index contributed by atoms with van der Waals surface area (Å²) in [6, 6.07) is 20.0. The van der Waals surface area contributed by atoms with Gasteiger partial charge in [0.1, 0.15) is 23.5 Å². The van der Waals surface area contributed by atoms with E-state index in [1.165, 1.54) is 0 Å². The van der Waals surface area contributed by atoms with E-state index in [1.807, 2.05) is 43.3 Å². The molecular formula is C30H31N5O5. The van der Waals surface area contributed by atoms with Crippen LogP contribution < -0.4 is 24.4 Å².